The zero-order chi connectivity index (χ0) is 37.6. The Morgan fingerprint density at radius 3 is 1.29 bits per heavy atom. The van der Waals surface area contributed by atoms with Crippen molar-refractivity contribution in [2.75, 3.05) is 0 Å². The number of fused-ring (bicyclic) bond motifs is 15. The van der Waals surface area contributed by atoms with E-state index in [0.29, 0.717) is 0 Å². The van der Waals surface area contributed by atoms with Gasteiger partial charge in [-0.2, -0.15) is 0 Å². The highest BCUT2D eigenvalue weighted by atomic mass is 16.3. The first kappa shape index (κ1) is 30.4. The van der Waals surface area contributed by atoms with Gasteiger partial charge in [-0.1, -0.05) is 103 Å². The molecule has 5 heterocycles. The third kappa shape index (κ3) is 3.88. The van der Waals surface area contributed by atoms with Crippen LogP contribution in [-0.4, -0.2) is 13.5 Å². The molecule has 0 fully saturated rings. The molecule has 268 valence electrons. The lowest BCUT2D eigenvalue weighted by Crippen LogP contribution is -1.94. The highest BCUT2D eigenvalue weighted by Crippen LogP contribution is 2.43. The van der Waals surface area contributed by atoms with Crippen molar-refractivity contribution in [3.8, 4) is 22.5 Å². The molecule has 0 N–H and O–H groups in total. The van der Waals surface area contributed by atoms with E-state index in [-0.39, 0.29) is 0 Å². The van der Waals surface area contributed by atoms with E-state index in [1.165, 1.54) is 98.5 Å². The quantitative estimate of drug-likeness (QED) is 0.177. The maximum absolute atomic E-state index is 6.19. The molecule has 5 aromatic heterocycles. The van der Waals surface area contributed by atoms with E-state index in [0.717, 1.165) is 27.6 Å². The fourth-order valence-corrected chi connectivity index (χ4v) is 10.3. The first-order valence-electron chi connectivity index (χ1n) is 19.9. The first-order valence-corrected chi connectivity index (χ1v) is 19.9. The molecule has 14 rings (SSSR count). The van der Waals surface area contributed by atoms with Gasteiger partial charge in [0.2, 0.25) is 0 Å². The average molecular weight is 738 g/mol. The summed E-state index contributed by atoms with van der Waals surface area (Å²) in [5.41, 5.74) is 15.1. The van der Waals surface area contributed by atoms with Crippen molar-refractivity contribution < 1.29 is 4.42 Å². The summed E-state index contributed by atoms with van der Waals surface area (Å²) in [5, 5.41) is 12.4. The Bertz CT molecular complexity index is 3960. The molecule has 0 unspecified atom stereocenters. The minimum atomic E-state index is 0.905. The number of hydrogen-bond acceptors (Lipinski definition) is 1. The summed E-state index contributed by atoms with van der Waals surface area (Å²) >= 11 is 0. The fourth-order valence-electron chi connectivity index (χ4n) is 10.3. The summed E-state index contributed by atoms with van der Waals surface area (Å²) in [6, 6.07) is 68.9. The van der Waals surface area contributed by atoms with Crippen LogP contribution in [0.4, 0.5) is 0 Å². The average Bonchev–Trinajstić information content (AvgIpc) is 4.08. The van der Waals surface area contributed by atoms with E-state index in [1.54, 1.807) is 0 Å². The molecule has 0 saturated carbocycles. The Morgan fingerprint density at radius 2 is 0.707 bits per heavy atom. The fraction of sp³-hybridized carbons (Fsp3) is 0. The van der Waals surface area contributed by atoms with Crippen LogP contribution in [0.25, 0.3) is 126 Å². The van der Waals surface area contributed by atoms with Crippen LogP contribution in [-0.2, 0) is 0 Å². The van der Waals surface area contributed by atoms with Gasteiger partial charge in [-0.3, -0.25) is 0 Å². The van der Waals surface area contributed by atoms with Crippen molar-refractivity contribution in [2.45, 2.75) is 0 Å². The zero-order valence-electron chi connectivity index (χ0n) is 31.1. The van der Waals surface area contributed by atoms with Crippen LogP contribution in [0.5, 0.6) is 0 Å². The number of hydrogen-bond donors (Lipinski definition) is 0. The van der Waals surface area contributed by atoms with Gasteiger partial charge in [-0.15, -0.1) is 0 Å². The van der Waals surface area contributed by atoms with Crippen LogP contribution >= 0.6 is 0 Å². The lowest BCUT2D eigenvalue weighted by Gasteiger charge is -2.10. The van der Waals surface area contributed by atoms with Crippen LogP contribution in [0.1, 0.15) is 0 Å². The van der Waals surface area contributed by atoms with Crippen LogP contribution in [0.3, 0.4) is 0 Å². The van der Waals surface area contributed by atoms with E-state index in [2.05, 4.69) is 189 Å². The van der Waals surface area contributed by atoms with Crippen molar-refractivity contribution in [3.63, 3.8) is 0 Å². The smallest absolute Gasteiger partial charge is 0.135 e. The third-order valence-corrected chi connectivity index (χ3v) is 12.7. The lowest BCUT2D eigenvalue weighted by atomic mass is 10.0. The van der Waals surface area contributed by atoms with E-state index in [4.69, 9.17) is 4.42 Å². The molecular weight excluding hydrogens is 707 g/mol. The Labute approximate surface area is 330 Å². The Kier molecular flexibility index (Phi) is 5.73. The molecule has 0 amide bonds. The molecule has 0 aliphatic carbocycles. The van der Waals surface area contributed by atoms with Crippen molar-refractivity contribution >= 4 is 104 Å². The molecule has 0 radical (unpaired) electrons. The molecule has 0 aliphatic rings. The zero-order valence-corrected chi connectivity index (χ0v) is 31.1. The molecule has 0 saturated heterocycles. The van der Waals surface area contributed by atoms with Crippen LogP contribution in [0.2, 0.25) is 0 Å². The SMILES string of the molecule is c1ccc2c(c1)oc1ccc(-n3c4ccccc4c4cc(-c5ccc6c(c5)c5ccccc5n6-c5cc6c7ccccc7n7c8ccccc8c(c5)c67)ccc43)cc12. The largest absolute Gasteiger partial charge is 0.456 e. The predicted octanol–water partition coefficient (Wildman–Crippen LogP) is 14.6. The number of benzene rings is 9. The third-order valence-electron chi connectivity index (χ3n) is 12.7. The topological polar surface area (TPSA) is 27.4 Å². The van der Waals surface area contributed by atoms with Gasteiger partial charge in [0, 0.05) is 65.2 Å². The summed E-state index contributed by atoms with van der Waals surface area (Å²) in [6.45, 7) is 0. The maximum Gasteiger partial charge on any atom is 0.135 e. The summed E-state index contributed by atoms with van der Waals surface area (Å²) in [6.07, 6.45) is 0. The number of furan rings is 1. The molecule has 4 heteroatoms. The molecule has 0 atom stereocenters. The monoisotopic (exact) mass is 737 g/mol. The molecule has 58 heavy (non-hydrogen) atoms. The maximum atomic E-state index is 6.19. The molecule has 9 aromatic carbocycles. The molecular formula is C54H31N3O. The first-order chi connectivity index (χ1) is 28.8. The number of rotatable bonds is 3. The molecule has 14 aromatic rings. The highest BCUT2D eigenvalue weighted by molar-refractivity contribution is 6.24. The van der Waals surface area contributed by atoms with Crippen LogP contribution in [0, 0.1) is 0 Å². The highest BCUT2D eigenvalue weighted by Gasteiger charge is 2.21. The second kappa shape index (κ2) is 10.9. The number of aromatic nitrogens is 3. The number of para-hydroxylation sites is 5. The van der Waals surface area contributed by atoms with Crippen molar-refractivity contribution in [1.29, 1.82) is 0 Å². The molecule has 0 spiro atoms. The van der Waals surface area contributed by atoms with Crippen molar-refractivity contribution in [1.82, 2.24) is 13.5 Å². The lowest BCUT2D eigenvalue weighted by molar-refractivity contribution is 0.669. The van der Waals surface area contributed by atoms with Gasteiger partial charge in [0.15, 0.2) is 0 Å². The van der Waals surface area contributed by atoms with Gasteiger partial charge in [-0.05, 0) is 96.1 Å². The second-order valence-electron chi connectivity index (χ2n) is 15.7. The summed E-state index contributed by atoms with van der Waals surface area (Å²) in [5.74, 6) is 0. The van der Waals surface area contributed by atoms with Crippen LogP contribution < -0.4 is 0 Å². The van der Waals surface area contributed by atoms with E-state index in [1.807, 2.05) is 12.1 Å². The van der Waals surface area contributed by atoms with E-state index in [9.17, 15) is 0 Å². The molecule has 0 bridgehead atoms. The van der Waals surface area contributed by atoms with Gasteiger partial charge in [0.25, 0.3) is 0 Å². The Balaban J connectivity index is 0.968. The van der Waals surface area contributed by atoms with Crippen molar-refractivity contribution in [3.05, 3.63) is 188 Å². The molecule has 4 nitrogen and oxygen atoms in total. The van der Waals surface area contributed by atoms with E-state index >= 15 is 0 Å². The number of nitrogens with zero attached hydrogens (tertiary/aromatic N) is 3. The molecule has 0 aliphatic heterocycles. The van der Waals surface area contributed by atoms with Gasteiger partial charge in [0.1, 0.15) is 11.2 Å². The Hall–Kier alpha value is -7.82. The minimum Gasteiger partial charge on any atom is -0.456 e. The Morgan fingerprint density at radius 1 is 0.276 bits per heavy atom. The van der Waals surface area contributed by atoms with Crippen molar-refractivity contribution in [2.24, 2.45) is 0 Å². The van der Waals surface area contributed by atoms with Crippen LogP contribution in [0.15, 0.2) is 192 Å². The van der Waals surface area contributed by atoms with Gasteiger partial charge in [-0.25, -0.2) is 0 Å². The van der Waals surface area contributed by atoms with E-state index < -0.39 is 0 Å². The second-order valence-corrected chi connectivity index (χ2v) is 15.7. The summed E-state index contributed by atoms with van der Waals surface area (Å²) in [4.78, 5) is 0. The predicted molar refractivity (Wildman–Crippen MR) is 242 cm³/mol. The van der Waals surface area contributed by atoms with Gasteiger partial charge < -0.3 is 18.0 Å². The normalized spacial score (nSPS) is 12.5. The minimum absolute atomic E-state index is 0.905. The van der Waals surface area contributed by atoms with Gasteiger partial charge in [0.05, 0.1) is 38.6 Å². The standard InChI is InChI=1S/C54H31N3O/c1-6-16-46-36(11-1)41-27-32(21-24-50(41)55(46)34-23-26-53-43(29-34)40-15-5-10-20-52(40)58-53)33-22-25-51-42(28-33)37-12-2-7-17-47(37)56(51)35-30-44-38-13-3-8-18-48(38)57-49-19-9-4-14-39(49)45(31-35)54(44)57/h1-31H. The summed E-state index contributed by atoms with van der Waals surface area (Å²) in [7, 11) is 0. The summed E-state index contributed by atoms with van der Waals surface area (Å²) < 4.78 is 13.5. The van der Waals surface area contributed by atoms with Gasteiger partial charge >= 0.3 is 0 Å².